The summed E-state index contributed by atoms with van der Waals surface area (Å²) in [7, 11) is 0. The van der Waals surface area contributed by atoms with Crippen molar-refractivity contribution in [2.75, 3.05) is 0 Å². The standard InChI is InChI=1S/C36H58O3/c1-20(2)27-16-26(15-14-25-12-10-11-13-25)22(4)30-28(27)18-34(7)19-35(8)17-21(3)29(24(6)37)33(39)36(35,9)23(5)31(34)32(30)38/h20-23,25-31H,10-19H2,1-9H3/t21?,22?,23?,26?,27?,28?,29?,30?,31?,34-,35+,36+/m0/s1. The van der Waals surface area contributed by atoms with Gasteiger partial charge in [-0.15, -0.1) is 0 Å². The lowest BCUT2D eigenvalue weighted by atomic mass is 9.34. The van der Waals surface area contributed by atoms with E-state index in [-0.39, 0.29) is 46.1 Å². The van der Waals surface area contributed by atoms with E-state index in [4.69, 9.17) is 0 Å². The van der Waals surface area contributed by atoms with Gasteiger partial charge in [0.05, 0.1) is 5.92 Å². The van der Waals surface area contributed by atoms with Gasteiger partial charge in [-0.25, -0.2) is 0 Å². The van der Waals surface area contributed by atoms with Gasteiger partial charge >= 0.3 is 0 Å². The molecule has 3 heteroatoms. The lowest BCUT2D eigenvalue weighted by molar-refractivity contribution is -0.205. The third-order valence-electron chi connectivity index (χ3n) is 14.3. The molecule has 5 fully saturated rings. The van der Waals surface area contributed by atoms with Gasteiger partial charge in [0.1, 0.15) is 17.3 Å². The number of carbonyl (C=O) groups is 3. The van der Waals surface area contributed by atoms with E-state index < -0.39 is 11.3 Å². The normalized spacial score (nSPS) is 50.5. The smallest absolute Gasteiger partial charge is 0.150 e. The minimum atomic E-state index is -0.625. The molecule has 5 saturated carbocycles. The summed E-state index contributed by atoms with van der Waals surface area (Å²) < 4.78 is 0. The van der Waals surface area contributed by atoms with Crippen molar-refractivity contribution in [3.05, 3.63) is 0 Å². The van der Waals surface area contributed by atoms with Crippen LogP contribution in [0.15, 0.2) is 0 Å². The van der Waals surface area contributed by atoms with Crippen LogP contribution in [0.1, 0.15) is 127 Å². The number of Topliss-reactive ketones (excluding diaryl/α,β-unsaturated/α-hetero) is 3. The summed E-state index contributed by atoms with van der Waals surface area (Å²) in [6.07, 6.45) is 12.5. The van der Waals surface area contributed by atoms with Crippen LogP contribution in [0.25, 0.3) is 0 Å². The first kappa shape index (κ1) is 29.5. The fraction of sp³-hybridized carbons (Fsp3) is 0.917. The van der Waals surface area contributed by atoms with Crippen LogP contribution in [-0.4, -0.2) is 17.3 Å². The van der Waals surface area contributed by atoms with Crippen LogP contribution in [0, 0.1) is 81.3 Å². The van der Waals surface area contributed by atoms with Crippen LogP contribution in [0.2, 0.25) is 0 Å². The van der Waals surface area contributed by atoms with Crippen LogP contribution in [0.4, 0.5) is 0 Å². The van der Waals surface area contributed by atoms with Crippen molar-refractivity contribution >= 4 is 17.3 Å². The molecule has 39 heavy (non-hydrogen) atoms. The van der Waals surface area contributed by atoms with Gasteiger partial charge in [0.25, 0.3) is 0 Å². The summed E-state index contributed by atoms with van der Waals surface area (Å²) in [6.45, 7) is 20.0. The monoisotopic (exact) mass is 538 g/mol. The van der Waals surface area contributed by atoms with E-state index in [0.717, 1.165) is 25.2 Å². The van der Waals surface area contributed by atoms with E-state index in [1.165, 1.54) is 44.9 Å². The topological polar surface area (TPSA) is 51.2 Å². The van der Waals surface area contributed by atoms with Gasteiger partial charge in [0.2, 0.25) is 0 Å². The largest absolute Gasteiger partial charge is 0.299 e. The Balaban J connectivity index is 1.49. The Morgan fingerprint density at radius 3 is 2.21 bits per heavy atom. The van der Waals surface area contributed by atoms with E-state index in [2.05, 4.69) is 55.4 Å². The first-order chi connectivity index (χ1) is 18.2. The summed E-state index contributed by atoms with van der Waals surface area (Å²) in [4.78, 5) is 41.9. The zero-order chi connectivity index (χ0) is 28.7. The molecule has 0 bridgehead atoms. The van der Waals surface area contributed by atoms with Crippen molar-refractivity contribution in [2.24, 2.45) is 81.3 Å². The molecule has 5 rings (SSSR count). The van der Waals surface area contributed by atoms with E-state index >= 15 is 0 Å². The Bertz CT molecular complexity index is 991. The summed E-state index contributed by atoms with van der Waals surface area (Å²) in [5.74, 6) is 3.89. The fourth-order valence-corrected chi connectivity index (χ4v) is 12.3. The van der Waals surface area contributed by atoms with Gasteiger partial charge in [0, 0.05) is 17.3 Å². The number of rotatable bonds is 5. The Morgan fingerprint density at radius 1 is 0.974 bits per heavy atom. The molecule has 12 atom stereocenters. The molecule has 3 nitrogen and oxygen atoms in total. The van der Waals surface area contributed by atoms with Crippen molar-refractivity contribution in [3.63, 3.8) is 0 Å². The Morgan fingerprint density at radius 2 is 1.62 bits per heavy atom. The molecule has 0 N–H and O–H groups in total. The predicted molar refractivity (Wildman–Crippen MR) is 158 cm³/mol. The molecule has 9 unspecified atom stereocenters. The minimum Gasteiger partial charge on any atom is -0.299 e. The molecular weight excluding hydrogens is 480 g/mol. The number of carbonyl (C=O) groups excluding carboxylic acids is 3. The zero-order valence-corrected chi connectivity index (χ0v) is 26.6. The molecular formula is C36H58O3. The minimum absolute atomic E-state index is 0.0112. The van der Waals surface area contributed by atoms with Gasteiger partial charge in [-0.05, 0) is 97.2 Å². The second kappa shape index (κ2) is 10.1. The lowest BCUT2D eigenvalue weighted by Crippen LogP contribution is -2.68. The molecule has 5 aliphatic carbocycles. The number of fused-ring (bicyclic) bond motifs is 3. The van der Waals surface area contributed by atoms with Crippen LogP contribution < -0.4 is 0 Å². The molecule has 0 amide bonds. The fourth-order valence-electron chi connectivity index (χ4n) is 12.3. The molecule has 5 aliphatic rings. The van der Waals surface area contributed by atoms with Crippen molar-refractivity contribution in [3.8, 4) is 0 Å². The Kier molecular flexibility index (Phi) is 7.62. The summed E-state index contributed by atoms with van der Waals surface area (Å²) >= 11 is 0. The SMILES string of the molecule is CC(=O)C1C(=O)[C@@]2(C)C(C)C3C(=O)C4C(C)C(CCC5CCCC5)CC(C(C)C)C4C[C@@]3(C)C[C@@]2(C)CC1C. The maximum absolute atomic E-state index is 14.9. The van der Waals surface area contributed by atoms with Gasteiger partial charge in [-0.2, -0.15) is 0 Å². The number of ketones is 3. The van der Waals surface area contributed by atoms with E-state index in [9.17, 15) is 14.4 Å². The third kappa shape index (κ3) is 4.36. The molecule has 0 spiro atoms. The van der Waals surface area contributed by atoms with E-state index in [1.807, 2.05) is 0 Å². The second-order valence-electron chi connectivity index (χ2n) is 16.8. The van der Waals surface area contributed by atoms with E-state index in [0.29, 0.717) is 35.4 Å². The van der Waals surface area contributed by atoms with Crippen molar-refractivity contribution in [1.29, 1.82) is 0 Å². The van der Waals surface area contributed by atoms with Crippen molar-refractivity contribution in [1.82, 2.24) is 0 Å². The Labute approximate surface area is 239 Å². The zero-order valence-electron chi connectivity index (χ0n) is 26.6. The highest BCUT2D eigenvalue weighted by atomic mass is 16.2. The van der Waals surface area contributed by atoms with Crippen molar-refractivity contribution in [2.45, 2.75) is 127 Å². The van der Waals surface area contributed by atoms with Crippen LogP contribution in [-0.2, 0) is 14.4 Å². The third-order valence-corrected chi connectivity index (χ3v) is 14.3. The molecule has 0 aliphatic heterocycles. The van der Waals surface area contributed by atoms with Crippen LogP contribution in [0.5, 0.6) is 0 Å². The van der Waals surface area contributed by atoms with Crippen LogP contribution in [0.3, 0.4) is 0 Å². The Hall–Kier alpha value is -0.990. The van der Waals surface area contributed by atoms with Gasteiger partial charge in [-0.1, -0.05) is 87.5 Å². The maximum Gasteiger partial charge on any atom is 0.150 e. The van der Waals surface area contributed by atoms with Gasteiger partial charge < -0.3 is 0 Å². The molecule has 0 saturated heterocycles. The molecule has 0 aromatic carbocycles. The average Bonchev–Trinajstić information content (AvgIpc) is 3.34. The quantitative estimate of drug-likeness (QED) is 0.329. The molecule has 0 heterocycles. The summed E-state index contributed by atoms with van der Waals surface area (Å²) in [5.41, 5.74) is -0.872. The summed E-state index contributed by atoms with van der Waals surface area (Å²) in [6, 6.07) is 0. The maximum atomic E-state index is 14.9. The van der Waals surface area contributed by atoms with E-state index in [1.54, 1.807) is 6.92 Å². The van der Waals surface area contributed by atoms with Crippen molar-refractivity contribution < 1.29 is 14.4 Å². The number of hydrogen-bond acceptors (Lipinski definition) is 3. The number of hydrogen-bond donors (Lipinski definition) is 0. The molecule has 0 aromatic heterocycles. The highest BCUT2D eigenvalue weighted by molar-refractivity contribution is 6.05. The molecule has 0 aromatic rings. The lowest BCUT2D eigenvalue weighted by Gasteiger charge is -2.68. The first-order valence-electron chi connectivity index (χ1n) is 16.7. The predicted octanol–water partition coefficient (Wildman–Crippen LogP) is 8.58. The molecule has 0 radical (unpaired) electrons. The summed E-state index contributed by atoms with van der Waals surface area (Å²) in [5, 5.41) is 0. The average molecular weight is 539 g/mol. The highest BCUT2D eigenvalue weighted by Gasteiger charge is 2.71. The van der Waals surface area contributed by atoms with Crippen LogP contribution >= 0.6 is 0 Å². The second-order valence-corrected chi connectivity index (χ2v) is 16.8. The van der Waals surface area contributed by atoms with Gasteiger partial charge in [-0.3, -0.25) is 14.4 Å². The first-order valence-corrected chi connectivity index (χ1v) is 16.7. The van der Waals surface area contributed by atoms with Gasteiger partial charge in [0.15, 0.2) is 0 Å². The highest BCUT2D eigenvalue weighted by Crippen LogP contribution is 2.71. The molecule has 220 valence electrons.